The second kappa shape index (κ2) is 11.2. The van der Waals surface area contributed by atoms with Gasteiger partial charge in [-0.05, 0) is 60.9 Å². The highest BCUT2D eigenvalue weighted by Gasteiger charge is 2.36. The summed E-state index contributed by atoms with van der Waals surface area (Å²) in [7, 11) is 3.31. The molecule has 3 aromatic carbocycles. The number of nitrogens with zero attached hydrogens (tertiary/aromatic N) is 3. The third kappa shape index (κ3) is 5.75. The number of halogens is 1. The summed E-state index contributed by atoms with van der Waals surface area (Å²) >= 11 is 0. The number of para-hydroxylation sites is 1. The van der Waals surface area contributed by atoms with E-state index in [4.69, 9.17) is 9.47 Å². The van der Waals surface area contributed by atoms with Crippen LogP contribution in [0.5, 0.6) is 11.5 Å². The fourth-order valence-corrected chi connectivity index (χ4v) is 4.88. The molecule has 4 rings (SSSR count). The largest absolute Gasteiger partial charge is 0.497 e. The summed E-state index contributed by atoms with van der Waals surface area (Å²) in [6.07, 6.45) is 1.24. The highest BCUT2D eigenvalue weighted by atomic mass is 19.1. The minimum atomic E-state index is -0.743. The van der Waals surface area contributed by atoms with Crippen LogP contribution in [-0.2, 0) is 11.8 Å². The number of ether oxygens (including phenoxy) is 2. The molecule has 0 radical (unpaired) electrons. The Morgan fingerprint density at radius 2 is 1.66 bits per heavy atom. The van der Waals surface area contributed by atoms with Crippen LogP contribution in [0.2, 0.25) is 0 Å². The molecule has 0 bridgehead atoms. The van der Waals surface area contributed by atoms with Crippen LogP contribution in [0.1, 0.15) is 17.5 Å². The Labute approximate surface area is 207 Å². The second-order valence-corrected chi connectivity index (χ2v) is 8.98. The molecule has 1 atom stereocenters. The molecule has 1 aliphatic heterocycles. The molecule has 1 saturated heterocycles. The zero-order valence-corrected chi connectivity index (χ0v) is 20.4. The van der Waals surface area contributed by atoms with E-state index in [2.05, 4.69) is 15.9 Å². The molecule has 0 aliphatic carbocycles. The van der Waals surface area contributed by atoms with Crippen LogP contribution in [0.3, 0.4) is 0 Å². The third-order valence-corrected chi connectivity index (χ3v) is 6.90. The van der Waals surface area contributed by atoms with Crippen LogP contribution < -0.4 is 14.4 Å². The number of nitriles is 1. The van der Waals surface area contributed by atoms with E-state index >= 15 is 0 Å². The topological polar surface area (TPSA) is 48.7 Å². The van der Waals surface area contributed by atoms with Crippen LogP contribution in [0.4, 0.5) is 10.1 Å². The van der Waals surface area contributed by atoms with E-state index in [0.717, 1.165) is 61.0 Å². The van der Waals surface area contributed by atoms with Gasteiger partial charge < -0.3 is 14.4 Å². The smallest absolute Gasteiger partial charge is 0.123 e. The van der Waals surface area contributed by atoms with Crippen molar-refractivity contribution in [2.45, 2.75) is 18.3 Å². The predicted octanol–water partition coefficient (Wildman–Crippen LogP) is 5.06. The number of anilines is 1. The molecular formula is C29H32FN3O2. The maximum atomic E-state index is 13.3. The number of rotatable bonds is 9. The van der Waals surface area contributed by atoms with Gasteiger partial charge in [0.1, 0.15) is 17.3 Å². The first kappa shape index (κ1) is 24.6. The summed E-state index contributed by atoms with van der Waals surface area (Å²) in [5.41, 5.74) is 2.27. The van der Waals surface area contributed by atoms with Crippen molar-refractivity contribution in [1.82, 2.24) is 4.90 Å². The zero-order chi connectivity index (χ0) is 24.7. The fourth-order valence-electron chi connectivity index (χ4n) is 4.88. The lowest BCUT2D eigenvalue weighted by Gasteiger charge is -2.38. The number of hydrogen-bond acceptors (Lipinski definition) is 5. The zero-order valence-electron chi connectivity index (χ0n) is 20.4. The van der Waals surface area contributed by atoms with Gasteiger partial charge in [0.15, 0.2) is 0 Å². The SMILES string of the molecule is COc1cccc(CC(C#N)(CCN2CCN(c3ccc(F)cc3)CC2)c2ccccc2OC)c1. The molecule has 35 heavy (non-hydrogen) atoms. The summed E-state index contributed by atoms with van der Waals surface area (Å²) < 4.78 is 24.4. The molecular weight excluding hydrogens is 441 g/mol. The summed E-state index contributed by atoms with van der Waals surface area (Å²) in [6, 6.07) is 25.1. The van der Waals surface area contributed by atoms with Crippen LogP contribution in [0, 0.1) is 17.1 Å². The Kier molecular flexibility index (Phi) is 7.89. The Hall–Kier alpha value is -3.56. The van der Waals surface area contributed by atoms with E-state index in [1.807, 2.05) is 60.7 Å². The Bertz CT molecular complexity index is 1150. The van der Waals surface area contributed by atoms with Crippen LogP contribution in [-0.4, -0.2) is 51.8 Å². The van der Waals surface area contributed by atoms with E-state index in [-0.39, 0.29) is 5.82 Å². The molecule has 6 heteroatoms. The van der Waals surface area contributed by atoms with E-state index < -0.39 is 5.41 Å². The van der Waals surface area contributed by atoms with Gasteiger partial charge >= 0.3 is 0 Å². The number of hydrogen-bond donors (Lipinski definition) is 0. The molecule has 0 spiro atoms. The van der Waals surface area contributed by atoms with Crippen molar-refractivity contribution in [1.29, 1.82) is 5.26 Å². The summed E-state index contributed by atoms with van der Waals surface area (Å²) in [5.74, 6) is 1.30. The van der Waals surface area contributed by atoms with Crippen molar-refractivity contribution in [2.75, 3.05) is 51.8 Å². The lowest BCUT2D eigenvalue weighted by molar-refractivity contribution is 0.236. The van der Waals surface area contributed by atoms with Gasteiger partial charge in [0.05, 0.1) is 25.7 Å². The molecule has 3 aromatic rings. The van der Waals surface area contributed by atoms with Gasteiger partial charge in [0.25, 0.3) is 0 Å². The van der Waals surface area contributed by atoms with Gasteiger partial charge in [0.2, 0.25) is 0 Å². The summed E-state index contributed by atoms with van der Waals surface area (Å²) in [4.78, 5) is 4.69. The molecule has 0 N–H and O–H groups in total. The highest BCUT2D eigenvalue weighted by molar-refractivity contribution is 5.47. The molecule has 0 amide bonds. The monoisotopic (exact) mass is 473 g/mol. The maximum absolute atomic E-state index is 13.3. The number of benzene rings is 3. The minimum absolute atomic E-state index is 0.215. The Morgan fingerprint density at radius 1 is 0.914 bits per heavy atom. The maximum Gasteiger partial charge on any atom is 0.123 e. The first-order valence-corrected chi connectivity index (χ1v) is 12.0. The second-order valence-electron chi connectivity index (χ2n) is 8.98. The van der Waals surface area contributed by atoms with E-state index in [1.54, 1.807) is 14.2 Å². The molecule has 0 saturated carbocycles. The summed E-state index contributed by atoms with van der Waals surface area (Å²) in [6.45, 7) is 4.33. The first-order valence-electron chi connectivity index (χ1n) is 12.0. The molecule has 1 fully saturated rings. The van der Waals surface area contributed by atoms with E-state index in [0.29, 0.717) is 12.8 Å². The Balaban J connectivity index is 1.52. The van der Waals surface area contributed by atoms with E-state index in [9.17, 15) is 9.65 Å². The van der Waals surface area contributed by atoms with E-state index in [1.165, 1.54) is 12.1 Å². The molecule has 182 valence electrons. The van der Waals surface area contributed by atoms with Crippen LogP contribution in [0.25, 0.3) is 0 Å². The quantitative estimate of drug-likeness (QED) is 0.435. The Morgan fingerprint density at radius 3 is 2.34 bits per heavy atom. The molecule has 1 aliphatic rings. The average molecular weight is 474 g/mol. The van der Waals surface area contributed by atoms with Crippen LogP contribution >= 0.6 is 0 Å². The number of methoxy groups -OCH3 is 2. The highest BCUT2D eigenvalue weighted by Crippen LogP contribution is 2.38. The number of piperazine rings is 1. The first-order chi connectivity index (χ1) is 17.1. The minimum Gasteiger partial charge on any atom is -0.497 e. The van der Waals surface area contributed by atoms with Crippen molar-refractivity contribution >= 4 is 5.69 Å². The lowest BCUT2D eigenvalue weighted by Crippen LogP contribution is -2.47. The average Bonchev–Trinajstić information content (AvgIpc) is 2.92. The summed E-state index contributed by atoms with van der Waals surface area (Å²) in [5, 5.41) is 10.6. The van der Waals surface area contributed by atoms with Gasteiger partial charge in [-0.25, -0.2) is 4.39 Å². The van der Waals surface area contributed by atoms with Gasteiger partial charge in [-0.15, -0.1) is 0 Å². The van der Waals surface area contributed by atoms with Crippen molar-refractivity contribution in [2.24, 2.45) is 0 Å². The van der Waals surface area contributed by atoms with Gasteiger partial charge in [-0.1, -0.05) is 30.3 Å². The van der Waals surface area contributed by atoms with Crippen molar-refractivity contribution in [3.63, 3.8) is 0 Å². The van der Waals surface area contributed by atoms with Crippen molar-refractivity contribution < 1.29 is 13.9 Å². The van der Waals surface area contributed by atoms with Crippen molar-refractivity contribution in [3.8, 4) is 17.6 Å². The molecule has 0 aromatic heterocycles. The standard InChI is InChI=1S/C29H32FN3O2/c1-34-26-7-5-6-23(20-26)21-29(22-31,27-8-3-4-9-28(27)35-2)14-15-32-16-18-33(19-17-32)25-12-10-24(30)11-13-25/h3-13,20H,14-19,21H2,1-2H3. The van der Waals surface area contributed by atoms with Crippen LogP contribution in [0.15, 0.2) is 72.8 Å². The van der Waals surface area contributed by atoms with Crippen molar-refractivity contribution in [3.05, 3.63) is 89.7 Å². The molecule has 5 nitrogen and oxygen atoms in total. The van der Waals surface area contributed by atoms with Gasteiger partial charge in [-0.3, -0.25) is 4.90 Å². The molecule has 1 unspecified atom stereocenters. The van der Waals surface area contributed by atoms with Gasteiger partial charge in [0, 0.05) is 44.0 Å². The van der Waals surface area contributed by atoms with Gasteiger partial charge in [-0.2, -0.15) is 5.26 Å². The normalized spacial score (nSPS) is 15.8. The fraction of sp³-hybridized carbons (Fsp3) is 0.345. The lowest BCUT2D eigenvalue weighted by atomic mass is 9.73. The predicted molar refractivity (Wildman–Crippen MR) is 137 cm³/mol. The third-order valence-electron chi connectivity index (χ3n) is 6.90. The molecule has 1 heterocycles.